The van der Waals surface area contributed by atoms with Crippen LogP contribution in [-0.2, 0) is 0 Å². The first-order valence-corrected chi connectivity index (χ1v) is 7.01. The van der Waals surface area contributed by atoms with Gasteiger partial charge in [-0.15, -0.1) is 0 Å². The molecule has 2 aromatic rings. The second kappa shape index (κ2) is 5.62. The Bertz CT molecular complexity index is 564. The first-order chi connectivity index (χ1) is 8.50. The van der Waals surface area contributed by atoms with E-state index in [1.54, 1.807) is 0 Å². The fourth-order valence-corrected chi connectivity index (χ4v) is 2.99. The Hall–Kier alpha value is -0.540. The van der Waals surface area contributed by atoms with Crippen LogP contribution in [0.1, 0.15) is 22.7 Å². The fourth-order valence-electron chi connectivity index (χ4n) is 1.78. The average molecular weight is 345 g/mol. The monoisotopic (exact) mass is 343 g/mol. The summed E-state index contributed by atoms with van der Waals surface area (Å²) >= 11 is 15.8. The van der Waals surface area contributed by atoms with Crippen molar-refractivity contribution in [1.29, 1.82) is 0 Å². The number of hydrogen-bond acceptors (Lipinski definition) is 1. The molecular formula is C14H12BrCl2N. The zero-order chi connectivity index (χ0) is 13.3. The number of aryl methyl sites for hydroxylation is 1. The molecule has 0 saturated carbocycles. The van der Waals surface area contributed by atoms with E-state index in [0.29, 0.717) is 10.0 Å². The minimum atomic E-state index is -0.300. The molecule has 0 amide bonds. The number of benzene rings is 2. The molecule has 0 radical (unpaired) electrons. The van der Waals surface area contributed by atoms with E-state index in [2.05, 4.69) is 15.9 Å². The van der Waals surface area contributed by atoms with Crippen LogP contribution >= 0.6 is 39.1 Å². The highest BCUT2D eigenvalue weighted by molar-refractivity contribution is 9.10. The van der Waals surface area contributed by atoms with Gasteiger partial charge in [0.15, 0.2) is 0 Å². The molecule has 1 atom stereocenters. The Morgan fingerprint density at radius 2 is 1.83 bits per heavy atom. The largest absolute Gasteiger partial charge is 0.320 e. The lowest BCUT2D eigenvalue weighted by molar-refractivity contribution is 0.865. The Kier molecular flexibility index (Phi) is 4.33. The van der Waals surface area contributed by atoms with E-state index in [1.165, 1.54) is 0 Å². The van der Waals surface area contributed by atoms with Crippen molar-refractivity contribution in [3.8, 4) is 0 Å². The topological polar surface area (TPSA) is 26.0 Å². The standard InChI is InChI=1S/C14H12BrCl2N/c1-8-5-6-9(7-12(8)17)14(18)13-10(15)3-2-4-11(13)16/h2-7,14H,18H2,1H3. The Balaban J connectivity index is 2.48. The molecule has 0 saturated heterocycles. The van der Waals surface area contributed by atoms with E-state index < -0.39 is 0 Å². The van der Waals surface area contributed by atoms with Crippen LogP contribution in [0.4, 0.5) is 0 Å². The van der Waals surface area contributed by atoms with Gasteiger partial charge in [-0.1, -0.05) is 57.3 Å². The first-order valence-electron chi connectivity index (χ1n) is 5.46. The third kappa shape index (κ3) is 2.72. The van der Waals surface area contributed by atoms with Gasteiger partial charge in [0.1, 0.15) is 0 Å². The number of rotatable bonds is 2. The molecule has 18 heavy (non-hydrogen) atoms. The van der Waals surface area contributed by atoms with Crippen LogP contribution in [0.25, 0.3) is 0 Å². The molecule has 0 aromatic heterocycles. The van der Waals surface area contributed by atoms with Crippen molar-refractivity contribution in [2.75, 3.05) is 0 Å². The molecular weight excluding hydrogens is 333 g/mol. The number of halogens is 3. The third-order valence-corrected chi connectivity index (χ3v) is 4.29. The molecule has 2 N–H and O–H groups in total. The molecule has 1 nitrogen and oxygen atoms in total. The van der Waals surface area contributed by atoms with Gasteiger partial charge in [-0.05, 0) is 36.2 Å². The van der Waals surface area contributed by atoms with Gasteiger partial charge in [-0.25, -0.2) is 0 Å². The van der Waals surface area contributed by atoms with E-state index in [1.807, 2.05) is 43.3 Å². The van der Waals surface area contributed by atoms with Crippen LogP contribution in [0.5, 0.6) is 0 Å². The summed E-state index contributed by atoms with van der Waals surface area (Å²) in [6.07, 6.45) is 0. The lowest BCUT2D eigenvalue weighted by Crippen LogP contribution is -2.13. The van der Waals surface area contributed by atoms with Crippen LogP contribution in [0.15, 0.2) is 40.9 Å². The zero-order valence-electron chi connectivity index (χ0n) is 9.75. The highest BCUT2D eigenvalue weighted by Crippen LogP contribution is 2.33. The summed E-state index contributed by atoms with van der Waals surface area (Å²) in [6, 6.07) is 11.2. The van der Waals surface area contributed by atoms with Gasteiger partial charge in [0.2, 0.25) is 0 Å². The predicted octanol–water partition coefficient (Wildman–Crippen LogP) is 5.11. The lowest BCUT2D eigenvalue weighted by atomic mass is 9.98. The number of hydrogen-bond donors (Lipinski definition) is 1. The maximum atomic E-state index is 6.26. The van der Waals surface area contributed by atoms with Gasteiger partial charge < -0.3 is 5.73 Å². The van der Waals surface area contributed by atoms with Crippen LogP contribution in [0.3, 0.4) is 0 Å². The summed E-state index contributed by atoms with van der Waals surface area (Å²) in [6.45, 7) is 1.96. The normalized spacial score (nSPS) is 12.5. The second-order valence-electron chi connectivity index (χ2n) is 4.12. The number of nitrogens with two attached hydrogens (primary N) is 1. The van der Waals surface area contributed by atoms with E-state index in [-0.39, 0.29) is 6.04 Å². The maximum Gasteiger partial charge on any atom is 0.0578 e. The van der Waals surface area contributed by atoms with E-state index >= 15 is 0 Å². The molecule has 2 aromatic carbocycles. The Morgan fingerprint density at radius 1 is 1.11 bits per heavy atom. The Morgan fingerprint density at radius 3 is 2.44 bits per heavy atom. The van der Waals surface area contributed by atoms with Crippen LogP contribution < -0.4 is 5.73 Å². The molecule has 0 bridgehead atoms. The third-order valence-electron chi connectivity index (χ3n) is 2.87. The fraction of sp³-hybridized carbons (Fsp3) is 0.143. The zero-order valence-corrected chi connectivity index (χ0v) is 12.9. The van der Waals surface area contributed by atoms with Gasteiger partial charge in [0, 0.05) is 20.1 Å². The summed E-state index contributed by atoms with van der Waals surface area (Å²) in [5.74, 6) is 0. The average Bonchev–Trinajstić information content (AvgIpc) is 2.32. The van der Waals surface area contributed by atoms with Crippen LogP contribution in [0.2, 0.25) is 10.0 Å². The van der Waals surface area contributed by atoms with Crippen molar-refractivity contribution in [3.63, 3.8) is 0 Å². The highest BCUT2D eigenvalue weighted by atomic mass is 79.9. The SMILES string of the molecule is Cc1ccc(C(N)c2c(Cl)cccc2Br)cc1Cl. The van der Waals surface area contributed by atoms with Gasteiger partial charge in [0.05, 0.1) is 6.04 Å². The lowest BCUT2D eigenvalue weighted by Gasteiger charge is -2.16. The van der Waals surface area contributed by atoms with Crippen molar-refractivity contribution in [2.45, 2.75) is 13.0 Å². The molecule has 0 fully saturated rings. The summed E-state index contributed by atoms with van der Waals surface area (Å²) < 4.78 is 0.902. The van der Waals surface area contributed by atoms with Gasteiger partial charge >= 0.3 is 0 Å². The molecule has 0 spiro atoms. The van der Waals surface area contributed by atoms with Gasteiger partial charge in [-0.3, -0.25) is 0 Å². The minimum Gasteiger partial charge on any atom is -0.320 e. The Labute approximate surface area is 125 Å². The molecule has 0 heterocycles. The second-order valence-corrected chi connectivity index (χ2v) is 5.79. The van der Waals surface area contributed by atoms with Crippen molar-refractivity contribution in [1.82, 2.24) is 0 Å². The predicted molar refractivity (Wildman–Crippen MR) is 81.4 cm³/mol. The molecule has 0 aliphatic rings. The summed E-state index contributed by atoms with van der Waals surface area (Å²) in [4.78, 5) is 0. The molecule has 0 aliphatic heterocycles. The summed E-state index contributed by atoms with van der Waals surface area (Å²) in [5, 5.41) is 1.36. The van der Waals surface area contributed by atoms with E-state index in [9.17, 15) is 0 Å². The summed E-state index contributed by atoms with van der Waals surface area (Å²) in [5.41, 5.74) is 9.12. The maximum absolute atomic E-state index is 6.26. The van der Waals surface area contributed by atoms with E-state index in [0.717, 1.165) is 21.2 Å². The highest BCUT2D eigenvalue weighted by Gasteiger charge is 2.16. The van der Waals surface area contributed by atoms with Crippen molar-refractivity contribution < 1.29 is 0 Å². The van der Waals surface area contributed by atoms with Crippen molar-refractivity contribution in [3.05, 3.63) is 67.6 Å². The van der Waals surface area contributed by atoms with Crippen LogP contribution in [-0.4, -0.2) is 0 Å². The van der Waals surface area contributed by atoms with Crippen LogP contribution in [0, 0.1) is 6.92 Å². The quantitative estimate of drug-likeness (QED) is 0.804. The molecule has 4 heteroatoms. The molecule has 0 aliphatic carbocycles. The summed E-state index contributed by atoms with van der Waals surface area (Å²) in [7, 11) is 0. The molecule has 94 valence electrons. The molecule has 1 unspecified atom stereocenters. The van der Waals surface area contributed by atoms with Gasteiger partial charge in [-0.2, -0.15) is 0 Å². The van der Waals surface area contributed by atoms with E-state index in [4.69, 9.17) is 28.9 Å². The minimum absolute atomic E-state index is 0.300. The van der Waals surface area contributed by atoms with Gasteiger partial charge in [0.25, 0.3) is 0 Å². The van der Waals surface area contributed by atoms with Crippen molar-refractivity contribution in [2.24, 2.45) is 5.73 Å². The molecule has 2 rings (SSSR count). The van der Waals surface area contributed by atoms with Crippen molar-refractivity contribution >= 4 is 39.1 Å². The smallest absolute Gasteiger partial charge is 0.0578 e. The first kappa shape index (κ1) is 13.9.